The molecule has 0 aromatic heterocycles. The molecule has 1 aliphatic heterocycles. The number of rotatable bonds is 7. The van der Waals surface area contributed by atoms with Gasteiger partial charge in [-0.3, -0.25) is 9.89 Å². The second-order valence-corrected chi connectivity index (χ2v) is 6.25. The molecule has 24 heavy (non-hydrogen) atoms. The molecule has 0 bridgehead atoms. The summed E-state index contributed by atoms with van der Waals surface area (Å²) in [5, 5.41) is 6.86. The van der Waals surface area contributed by atoms with Gasteiger partial charge in [-0.2, -0.15) is 0 Å². The Bertz CT molecular complexity index is 506. The highest BCUT2D eigenvalue weighted by molar-refractivity contribution is 5.79. The minimum absolute atomic E-state index is 0.818. The molecule has 0 amide bonds. The summed E-state index contributed by atoms with van der Waals surface area (Å²) < 4.78 is 0. The fourth-order valence-corrected chi connectivity index (χ4v) is 3.14. The van der Waals surface area contributed by atoms with E-state index in [4.69, 9.17) is 0 Å². The maximum Gasteiger partial charge on any atom is 0.191 e. The molecule has 5 nitrogen and oxygen atoms in total. The number of benzene rings is 1. The van der Waals surface area contributed by atoms with Crippen LogP contribution in [0.3, 0.4) is 0 Å². The zero-order chi connectivity index (χ0) is 17.2. The van der Waals surface area contributed by atoms with Crippen LogP contribution in [-0.4, -0.2) is 68.6 Å². The molecule has 1 aromatic carbocycles. The lowest BCUT2D eigenvalue weighted by Gasteiger charge is -2.34. The number of aliphatic imine (C=N–C) groups is 1. The van der Waals surface area contributed by atoms with Crippen molar-refractivity contribution in [1.29, 1.82) is 0 Å². The minimum atomic E-state index is 0.818. The van der Waals surface area contributed by atoms with Crippen molar-refractivity contribution in [2.45, 2.75) is 26.8 Å². The highest BCUT2D eigenvalue weighted by Crippen LogP contribution is 2.08. The zero-order valence-corrected chi connectivity index (χ0v) is 15.5. The normalized spacial score (nSPS) is 17.0. The van der Waals surface area contributed by atoms with E-state index in [1.165, 1.54) is 43.9 Å². The first-order valence-corrected chi connectivity index (χ1v) is 9.22. The molecular formula is C19H33N5. The molecule has 1 heterocycles. The number of guanidine groups is 1. The molecule has 0 spiro atoms. The molecule has 134 valence electrons. The second kappa shape index (κ2) is 10.3. The Labute approximate surface area is 147 Å². The third-order valence-electron chi connectivity index (χ3n) is 4.80. The Morgan fingerprint density at radius 3 is 2.29 bits per heavy atom. The number of nitrogens with zero attached hydrogens (tertiary/aromatic N) is 3. The Morgan fingerprint density at radius 2 is 1.67 bits per heavy atom. The number of aryl methyl sites for hydroxylation is 1. The molecular weight excluding hydrogens is 298 g/mol. The van der Waals surface area contributed by atoms with Crippen LogP contribution >= 0.6 is 0 Å². The van der Waals surface area contributed by atoms with Gasteiger partial charge in [0.25, 0.3) is 0 Å². The van der Waals surface area contributed by atoms with E-state index >= 15 is 0 Å². The molecule has 0 aliphatic carbocycles. The monoisotopic (exact) mass is 331 g/mol. The summed E-state index contributed by atoms with van der Waals surface area (Å²) in [4.78, 5) is 9.37. The minimum Gasteiger partial charge on any atom is -0.355 e. The van der Waals surface area contributed by atoms with Crippen LogP contribution in [0.1, 0.15) is 25.0 Å². The van der Waals surface area contributed by atoms with Crippen LogP contribution in [-0.2, 0) is 13.0 Å². The fraction of sp³-hybridized carbons (Fsp3) is 0.632. The van der Waals surface area contributed by atoms with Gasteiger partial charge in [-0.1, -0.05) is 38.1 Å². The summed E-state index contributed by atoms with van der Waals surface area (Å²) in [5.74, 6) is 0.883. The number of nitrogens with one attached hydrogen (secondary N) is 2. The SMILES string of the molecule is CCc1ccccc1CNC(=NC)NCCN1CCN(CC)CC1. The Balaban J connectivity index is 1.69. The first kappa shape index (κ1) is 18.7. The zero-order valence-electron chi connectivity index (χ0n) is 15.5. The van der Waals surface area contributed by atoms with E-state index < -0.39 is 0 Å². The smallest absolute Gasteiger partial charge is 0.191 e. The average Bonchev–Trinajstić information content (AvgIpc) is 2.65. The van der Waals surface area contributed by atoms with Crippen LogP contribution in [0.2, 0.25) is 0 Å². The first-order chi connectivity index (χ1) is 11.8. The van der Waals surface area contributed by atoms with Gasteiger partial charge in [0.05, 0.1) is 0 Å². The summed E-state index contributed by atoms with van der Waals surface area (Å²) in [6.45, 7) is 13.2. The predicted octanol–water partition coefficient (Wildman–Crippen LogP) is 1.55. The van der Waals surface area contributed by atoms with Crippen molar-refractivity contribution in [3.05, 3.63) is 35.4 Å². The number of piperazine rings is 1. The molecule has 5 heteroatoms. The van der Waals surface area contributed by atoms with Gasteiger partial charge in [0.1, 0.15) is 0 Å². The van der Waals surface area contributed by atoms with Gasteiger partial charge < -0.3 is 15.5 Å². The van der Waals surface area contributed by atoms with Crippen molar-refractivity contribution >= 4 is 5.96 Å². The van der Waals surface area contributed by atoms with Crippen molar-refractivity contribution in [3.63, 3.8) is 0 Å². The summed E-state index contributed by atoms with van der Waals surface area (Å²) in [7, 11) is 1.83. The molecule has 1 aliphatic rings. The van der Waals surface area contributed by atoms with Crippen LogP contribution in [0, 0.1) is 0 Å². The van der Waals surface area contributed by atoms with Gasteiger partial charge in [-0.15, -0.1) is 0 Å². The summed E-state index contributed by atoms with van der Waals surface area (Å²) in [5.41, 5.74) is 2.74. The molecule has 0 unspecified atom stereocenters. The first-order valence-electron chi connectivity index (χ1n) is 9.22. The van der Waals surface area contributed by atoms with Crippen LogP contribution in [0.5, 0.6) is 0 Å². The topological polar surface area (TPSA) is 42.9 Å². The van der Waals surface area contributed by atoms with Gasteiger partial charge in [0.15, 0.2) is 5.96 Å². The molecule has 0 atom stereocenters. The van der Waals surface area contributed by atoms with E-state index in [1.807, 2.05) is 7.05 Å². The fourth-order valence-electron chi connectivity index (χ4n) is 3.14. The Hall–Kier alpha value is -1.59. The molecule has 1 saturated heterocycles. The van der Waals surface area contributed by atoms with E-state index in [0.717, 1.165) is 32.0 Å². The summed E-state index contributed by atoms with van der Waals surface area (Å²) >= 11 is 0. The summed E-state index contributed by atoms with van der Waals surface area (Å²) in [6, 6.07) is 8.59. The van der Waals surface area contributed by atoms with E-state index in [-0.39, 0.29) is 0 Å². The van der Waals surface area contributed by atoms with Crippen LogP contribution in [0.25, 0.3) is 0 Å². The second-order valence-electron chi connectivity index (χ2n) is 6.25. The molecule has 1 fully saturated rings. The van der Waals surface area contributed by atoms with E-state index in [1.54, 1.807) is 0 Å². The standard InChI is InChI=1S/C19H33N5/c1-4-17-8-6-7-9-18(17)16-22-19(20-3)21-10-11-24-14-12-23(5-2)13-15-24/h6-9H,4-5,10-16H2,1-3H3,(H2,20,21,22). The van der Waals surface area contributed by atoms with Crippen LogP contribution in [0.15, 0.2) is 29.3 Å². The molecule has 0 radical (unpaired) electrons. The van der Waals surface area contributed by atoms with Crippen LogP contribution in [0.4, 0.5) is 0 Å². The Kier molecular flexibility index (Phi) is 8.05. The lowest BCUT2D eigenvalue weighted by molar-refractivity contribution is 0.139. The predicted molar refractivity (Wildman–Crippen MR) is 103 cm³/mol. The number of hydrogen-bond acceptors (Lipinski definition) is 3. The van der Waals surface area contributed by atoms with Gasteiger partial charge in [0.2, 0.25) is 0 Å². The largest absolute Gasteiger partial charge is 0.355 e. The maximum atomic E-state index is 4.33. The van der Waals surface area contributed by atoms with Crippen molar-refractivity contribution in [1.82, 2.24) is 20.4 Å². The van der Waals surface area contributed by atoms with Gasteiger partial charge >= 0.3 is 0 Å². The quantitative estimate of drug-likeness (QED) is 0.588. The maximum absolute atomic E-state index is 4.33. The van der Waals surface area contributed by atoms with Crippen molar-refractivity contribution < 1.29 is 0 Å². The highest BCUT2D eigenvalue weighted by atomic mass is 15.3. The third-order valence-corrected chi connectivity index (χ3v) is 4.80. The van der Waals surface area contributed by atoms with Gasteiger partial charge in [-0.05, 0) is 24.1 Å². The van der Waals surface area contributed by atoms with E-state index in [0.29, 0.717) is 0 Å². The summed E-state index contributed by atoms with van der Waals surface area (Å²) in [6.07, 6.45) is 1.06. The van der Waals surface area contributed by atoms with Crippen LogP contribution < -0.4 is 10.6 Å². The molecule has 2 rings (SSSR count). The lowest BCUT2D eigenvalue weighted by Crippen LogP contribution is -2.49. The van der Waals surface area contributed by atoms with Gasteiger partial charge in [-0.25, -0.2) is 0 Å². The molecule has 1 aromatic rings. The van der Waals surface area contributed by atoms with Crippen molar-refractivity contribution in [3.8, 4) is 0 Å². The number of likely N-dealkylation sites (N-methyl/N-ethyl adjacent to an activating group) is 1. The average molecular weight is 332 g/mol. The van der Waals surface area contributed by atoms with Gasteiger partial charge in [0, 0.05) is 52.9 Å². The number of hydrogen-bond donors (Lipinski definition) is 2. The van der Waals surface area contributed by atoms with E-state index in [9.17, 15) is 0 Å². The van der Waals surface area contributed by atoms with E-state index in [2.05, 4.69) is 63.5 Å². The lowest BCUT2D eigenvalue weighted by atomic mass is 10.1. The highest BCUT2D eigenvalue weighted by Gasteiger charge is 2.14. The Morgan fingerprint density at radius 1 is 1.00 bits per heavy atom. The van der Waals surface area contributed by atoms with Crippen molar-refractivity contribution in [2.75, 3.05) is 52.9 Å². The van der Waals surface area contributed by atoms with Crippen molar-refractivity contribution in [2.24, 2.45) is 4.99 Å². The molecule has 0 saturated carbocycles. The third kappa shape index (κ3) is 5.80. The molecule has 2 N–H and O–H groups in total.